The van der Waals surface area contributed by atoms with Crippen LogP contribution >= 0.6 is 0 Å². The Labute approximate surface area is 177 Å². The summed E-state index contributed by atoms with van der Waals surface area (Å²) in [6.07, 6.45) is 0. The van der Waals surface area contributed by atoms with E-state index < -0.39 is 0 Å². The van der Waals surface area contributed by atoms with Crippen molar-refractivity contribution in [3.05, 3.63) is 71.3 Å². The highest BCUT2D eigenvalue weighted by atomic mass is 16.5. The minimum Gasteiger partial charge on any atom is -0.379 e. The highest BCUT2D eigenvalue weighted by molar-refractivity contribution is 5.84. The quantitative estimate of drug-likeness (QED) is 0.622. The number of carbonyl (C=O) groups is 2. The monoisotopic (exact) mass is 410 g/mol. The molecule has 2 aromatic carbocycles. The van der Waals surface area contributed by atoms with E-state index in [1.807, 2.05) is 61.5 Å². The number of urea groups is 1. The molecule has 1 atom stereocenters. The molecule has 0 unspecified atom stereocenters. The van der Waals surface area contributed by atoms with Crippen molar-refractivity contribution < 1.29 is 14.3 Å². The maximum Gasteiger partial charge on any atom is 0.315 e. The second kappa shape index (κ2) is 11.3. The van der Waals surface area contributed by atoms with Crippen molar-refractivity contribution in [1.29, 1.82) is 0 Å². The lowest BCUT2D eigenvalue weighted by molar-refractivity contribution is -0.121. The number of morpholine rings is 1. The van der Waals surface area contributed by atoms with E-state index in [9.17, 15) is 9.59 Å². The number of rotatable bonds is 8. The Morgan fingerprint density at radius 1 is 1.00 bits per heavy atom. The summed E-state index contributed by atoms with van der Waals surface area (Å²) in [7, 11) is 0. The van der Waals surface area contributed by atoms with Crippen LogP contribution in [0.25, 0.3) is 0 Å². The van der Waals surface area contributed by atoms with Crippen LogP contribution in [-0.2, 0) is 16.1 Å². The van der Waals surface area contributed by atoms with Crippen LogP contribution in [0.4, 0.5) is 4.79 Å². The standard InChI is InChI=1S/C23H30N4O3/c1-18-7-9-19(10-8-18)15-24-23(29)25-16-22(28)26-21(20-5-3-2-4-6-20)17-27-11-13-30-14-12-27/h2-10,21H,11-17H2,1H3,(H,26,28)(H2,24,25,29)/t21-/m1/s1. The Morgan fingerprint density at radius 3 is 2.40 bits per heavy atom. The SMILES string of the molecule is Cc1ccc(CNC(=O)NCC(=O)N[C@H](CN2CCOCC2)c2ccccc2)cc1. The van der Waals surface area contributed by atoms with Crippen LogP contribution in [0.3, 0.4) is 0 Å². The summed E-state index contributed by atoms with van der Waals surface area (Å²) in [4.78, 5) is 26.8. The smallest absolute Gasteiger partial charge is 0.315 e. The molecule has 7 nitrogen and oxygen atoms in total. The molecule has 3 amide bonds. The maximum absolute atomic E-state index is 12.5. The molecule has 0 aromatic heterocycles. The molecule has 0 radical (unpaired) electrons. The number of nitrogens with zero attached hydrogens (tertiary/aromatic N) is 1. The summed E-state index contributed by atoms with van der Waals surface area (Å²) in [6, 6.07) is 17.3. The molecule has 0 spiro atoms. The molecule has 1 heterocycles. The Hall–Kier alpha value is -2.90. The number of amides is 3. The van der Waals surface area contributed by atoms with Gasteiger partial charge in [-0.1, -0.05) is 60.2 Å². The largest absolute Gasteiger partial charge is 0.379 e. The molecule has 0 bridgehead atoms. The molecule has 160 valence electrons. The Bertz CT molecular complexity index is 805. The first-order chi connectivity index (χ1) is 14.6. The lowest BCUT2D eigenvalue weighted by Gasteiger charge is -2.31. The van der Waals surface area contributed by atoms with Gasteiger partial charge in [0.15, 0.2) is 0 Å². The van der Waals surface area contributed by atoms with Gasteiger partial charge >= 0.3 is 6.03 Å². The highest BCUT2D eigenvalue weighted by Gasteiger charge is 2.20. The van der Waals surface area contributed by atoms with Crippen molar-refractivity contribution in [3.63, 3.8) is 0 Å². The average Bonchev–Trinajstić information content (AvgIpc) is 2.78. The van der Waals surface area contributed by atoms with Gasteiger partial charge in [-0.25, -0.2) is 4.79 Å². The van der Waals surface area contributed by atoms with Gasteiger partial charge in [0.2, 0.25) is 5.91 Å². The molecule has 1 saturated heterocycles. The lowest BCUT2D eigenvalue weighted by atomic mass is 10.1. The van der Waals surface area contributed by atoms with Crippen LogP contribution in [-0.4, -0.2) is 56.2 Å². The van der Waals surface area contributed by atoms with E-state index in [4.69, 9.17) is 4.74 Å². The van der Waals surface area contributed by atoms with Gasteiger partial charge < -0.3 is 20.7 Å². The fourth-order valence-electron chi connectivity index (χ4n) is 3.32. The zero-order valence-corrected chi connectivity index (χ0v) is 17.4. The van der Waals surface area contributed by atoms with Crippen LogP contribution in [0, 0.1) is 6.92 Å². The predicted octanol–water partition coefficient (Wildman–Crippen LogP) is 1.98. The topological polar surface area (TPSA) is 82.7 Å². The number of nitrogens with one attached hydrogen (secondary N) is 3. The van der Waals surface area contributed by atoms with Crippen LogP contribution in [0.15, 0.2) is 54.6 Å². The first kappa shape index (κ1) is 21.8. The summed E-state index contributed by atoms with van der Waals surface area (Å²) in [6.45, 7) is 6.17. The molecule has 3 N–H and O–H groups in total. The third-order valence-electron chi connectivity index (χ3n) is 5.06. The number of carbonyl (C=O) groups excluding carboxylic acids is 2. The zero-order chi connectivity index (χ0) is 21.2. The third kappa shape index (κ3) is 7.17. The first-order valence-corrected chi connectivity index (χ1v) is 10.3. The summed E-state index contributed by atoms with van der Waals surface area (Å²) in [5.41, 5.74) is 3.22. The third-order valence-corrected chi connectivity index (χ3v) is 5.06. The first-order valence-electron chi connectivity index (χ1n) is 10.3. The number of aryl methyl sites for hydroxylation is 1. The minimum absolute atomic E-state index is 0.0772. The molecular formula is C23H30N4O3. The molecule has 0 saturated carbocycles. The molecular weight excluding hydrogens is 380 g/mol. The van der Waals surface area contributed by atoms with E-state index in [0.29, 0.717) is 26.3 Å². The Morgan fingerprint density at radius 2 is 1.70 bits per heavy atom. The predicted molar refractivity (Wildman–Crippen MR) is 116 cm³/mol. The average molecular weight is 411 g/mol. The summed E-state index contributed by atoms with van der Waals surface area (Å²) >= 11 is 0. The van der Waals surface area contributed by atoms with Gasteiger partial charge in [0.25, 0.3) is 0 Å². The summed E-state index contributed by atoms with van der Waals surface area (Å²) in [5.74, 6) is -0.220. The van der Waals surface area contributed by atoms with E-state index in [-0.39, 0.29) is 24.5 Å². The van der Waals surface area contributed by atoms with E-state index in [2.05, 4.69) is 20.9 Å². The molecule has 1 aliphatic heterocycles. The molecule has 1 fully saturated rings. The normalized spacial score (nSPS) is 15.2. The minimum atomic E-state index is -0.366. The van der Waals surface area contributed by atoms with Crippen molar-refractivity contribution in [3.8, 4) is 0 Å². The van der Waals surface area contributed by atoms with E-state index in [0.717, 1.165) is 24.2 Å². The van der Waals surface area contributed by atoms with Gasteiger partial charge in [-0.2, -0.15) is 0 Å². The van der Waals surface area contributed by atoms with Crippen LogP contribution < -0.4 is 16.0 Å². The van der Waals surface area contributed by atoms with Gasteiger partial charge in [-0.15, -0.1) is 0 Å². The van der Waals surface area contributed by atoms with Gasteiger partial charge in [-0.3, -0.25) is 9.69 Å². The van der Waals surface area contributed by atoms with Crippen LogP contribution in [0.1, 0.15) is 22.7 Å². The maximum atomic E-state index is 12.5. The number of benzene rings is 2. The second-order valence-electron chi connectivity index (χ2n) is 7.47. The fraction of sp³-hybridized carbons (Fsp3) is 0.391. The Balaban J connectivity index is 1.47. The van der Waals surface area contributed by atoms with Crippen molar-refractivity contribution >= 4 is 11.9 Å². The highest BCUT2D eigenvalue weighted by Crippen LogP contribution is 2.15. The molecule has 30 heavy (non-hydrogen) atoms. The second-order valence-corrected chi connectivity index (χ2v) is 7.47. The lowest BCUT2D eigenvalue weighted by Crippen LogP contribution is -2.46. The van der Waals surface area contributed by atoms with Crippen molar-refractivity contribution in [2.45, 2.75) is 19.5 Å². The molecule has 0 aliphatic carbocycles. The fourth-order valence-corrected chi connectivity index (χ4v) is 3.32. The van der Waals surface area contributed by atoms with Gasteiger partial charge in [0, 0.05) is 26.2 Å². The molecule has 2 aromatic rings. The van der Waals surface area contributed by atoms with Crippen LogP contribution in [0.5, 0.6) is 0 Å². The van der Waals surface area contributed by atoms with E-state index >= 15 is 0 Å². The summed E-state index contributed by atoms with van der Waals surface area (Å²) < 4.78 is 5.41. The van der Waals surface area contributed by atoms with Crippen LogP contribution in [0.2, 0.25) is 0 Å². The van der Waals surface area contributed by atoms with Crippen molar-refractivity contribution in [1.82, 2.24) is 20.9 Å². The van der Waals surface area contributed by atoms with Crippen molar-refractivity contribution in [2.75, 3.05) is 39.4 Å². The zero-order valence-electron chi connectivity index (χ0n) is 17.4. The molecule has 3 rings (SSSR count). The number of hydrogen-bond acceptors (Lipinski definition) is 4. The number of ether oxygens (including phenoxy) is 1. The van der Waals surface area contributed by atoms with Crippen molar-refractivity contribution in [2.24, 2.45) is 0 Å². The molecule has 1 aliphatic rings. The number of hydrogen-bond donors (Lipinski definition) is 3. The molecule has 7 heteroatoms. The van der Waals surface area contributed by atoms with Gasteiger partial charge in [0.1, 0.15) is 0 Å². The Kier molecular flexibility index (Phi) is 8.23. The van der Waals surface area contributed by atoms with Gasteiger partial charge in [-0.05, 0) is 18.1 Å². The van der Waals surface area contributed by atoms with Gasteiger partial charge in [0.05, 0.1) is 25.8 Å². The summed E-state index contributed by atoms with van der Waals surface area (Å²) in [5, 5.41) is 8.45. The van der Waals surface area contributed by atoms with E-state index in [1.165, 1.54) is 5.56 Å². The van der Waals surface area contributed by atoms with E-state index in [1.54, 1.807) is 0 Å².